The minimum Gasteiger partial charge on any atom is -0.485 e. The topological polar surface area (TPSA) is 18.5 Å². The van der Waals surface area contributed by atoms with Gasteiger partial charge in [-0.15, -0.1) is 0 Å². The first kappa shape index (κ1) is 15.9. The van der Waals surface area contributed by atoms with E-state index in [0.717, 1.165) is 18.6 Å². The van der Waals surface area contributed by atoms with E-state index in [1.54, 1.807) is 0 Å². The predicted octanol–water partition coefficient (Wildman–Crippen LogP) is 5.51. The molecule has 2 unspecified atom stereocenters. The first-order chi connectivity index (χ1) is 10.6. The summed E-state index contributed by atoms with van der Waals surface area (Å²) in [6.45, 7) is 4.53. The Bertz CT molecular complexity index is 466. The third kappa shape index (κ3) is 3.32. The molecule has 0 spiro atoms. The van der Waals surface area contributed by atoms with Crippen LogP contribution < -0.4 is 4.74 Å². The molecular weight excluding hydrogens is 272 g/mol. The maximum atomic E-state index is 6.68. The van der Waals surface area contributed by atoms with Crippen LogP contribution in [0.1, 0.15) is 71.6 Å². The average Bonchev–Trinajstić information content (AvgIpc) is 2.53. The molecule has 2 saturated carbocycles. The molecule has 0 aliphatic heterocycles. The number of hydrogen-bond donors (Lipinski definition) is 0. The molecule has 2 heteroatoms. The molecule has 1 aromatic rings. The summed E-state index contributed by atoms with van der Waals surface area (Å²) in [5.41, 5.74) is -0.410. The zero-order chi connectivity index (χ0) is 15.5. The Kier molecular flexibility index (Phi) is 4.77. The van der Waals surface area contributed by atoms with Gasteiger partial charge in [-0.3, -0.25) is 0 Å². The van der Waals surface area contributed by atoms with E-state index in [1.807, 2.05) is 18.2 Å². The molecule has 0 saturated heterocycles. The van der Waals surface area contributed by atoms with Crippen molar-refractivity contribution in [2.24, 2.45) is 0 Å². The van der Waals surface area contributed by atoms with E-state index >= 15 is 0 Å². The van der Waals surface area contributed by atoms with Gasteiger partial charge in [-0.25, -0.2) is 0 Å². The Morgan fingerprint density at radius 1 is 0.818 bits per heavy atom. The van der Waals surface area contributed by atoms with Crippen molar-refractivity contribution in [2.75, 3.05) is 0 Å². The fourth-order valence-electron chi connectivity index (χ4n) is 4.10. The molecule has 0 aromatic heterocycles. The van der Waals surface area contributed by atoms with Gasteiger partial charge in [-0.2, -0.15) is 0 Å². The van der Waals surface area contributed by atoms with Crippen LogP contribution in [0, 0.1) is 0 Å². The molecule has 2 aliphatic carbocycles. The summed E-state index contributed by atoms with van der Waals surface area (Å²) in [5.74, 6) is 0.963. The van der Waals surface area contributed by atoms with Gasteiger partial charge in [0, 0.05) is 0 Å². The second-order valence-electron chi connectivity index (χ2n) is 7.46. The van der Waals surface area contributed by atoms with Crippen LogP contribution in [-0.4, -0.2) is 17.3 Å². The smallest absolute Gasteiger partial charge is 0.135 e. The summed E-state index contributed by atoms with van der Waals surface area (Å²) in [5, 5.41) is 0. The summed E-state index contributed by atoms with van der Waals surface area (Å²) in [6.07, 6.45) is 11.5. The first-order valence-electron chi connectivity index (χ1n) is 9.03. The van der Waals surface area contributed by atoms with Crippen LogP contribution in [0.25, 0.3) is 0 Å². The van der Waals surface area contributed by atoms with E-state index in [2.05, 4.69) is 26.0 Å². The Balaban J connectivity index is 1.76. The summed E-state index contributed by atoms with van der Waals surface area (Å²) in [7, 11) is 0. The summed E-state index contributed by atoms with van der Waals surface area (Å²) < 4.78 is 13.2. The normalized spacial score (nSPS) is 33.5. The molecule has 3 rings (SSSR count). The molecule has 0 heterocycles. The average molecular weight is 302 g/mol. The van der Waals surface area contributed by atoms with E-state index in [9.17, 15) is 0 Å². The minimum atomic E-state index is -0.232. The lowest BCUT2D eigenvalue weighted by atomic mass is 9.73. The molecule has 22 heavy (non-hydrogen) atoms. The summed E-state index contributed by atoms with van der Waals surface area (Å²) in [4.78, 5) is 0. The van der Waals surface area contributed by atoms with Crippen molar-refractivity contribution < 1.29 is 9.47 Å². The van der Waals surface area contributed by atoms with Crippen LogP contribution in [0.4, 0.5) is 0 Å². The van der Waals surface area contributed by atoms with Gasteiger partial charge in [-0.1, -0.05) is 43.9 Å². The van der Waals surface area contributed by atoms with Crippen molar-refractivity contribution >= 4 is 0 Å². The van der Waals surface area contributed by atoms with E-state index in [-0.39, 0.29) is 11.2 Å². The summed E-state index contributed by atoms with van der Waals surface area (Å²) in [6, 6.07) is 10.2. The Morgan fingerprint density at radius 3 is 2.14 bits per heavy atom. The van der Waals surface area contributed by atoms with Crippen molar-refractivity contribution in [3.05, 3.63) is 30.3 Å². The lowest BCUT2D eigenvalue weighted by molar-refractivity contribution is -0.203. The van der Waals surface area contributed by atoms with Gasteiger partial charge in [0.2, 0.25) is 0 Å². The highest BCUT2D eigenvalue weighted by atomic mass is 16.6. The highest BCUT2D eigenvalue weighted by Crippen LogP contribution is 2.44. The molecule has 122 valence electrons. The molecule has 2 fully saturated rings. The van der Waals surface area contributed by atoms with Crippen molar-refractivity contribution in [1.82, 2.24) is 0 Å². The van der Waals surface area contributed by atoms with Gasteiger partial charge in [0.15, 0.2) is 0 Å². The van der Waals surface area contributed by atoms with Crippen LogP contribution in [-0.2, 0) is 4.74 Å². The Morgan fingerprint density at radius 2 is 1.45 bits per heavy atom. The fraction of sp³-hybridized carbons (Fsp3) is 0.700. The van der Waals surface area contributed by atoms with Crippen LogP contribution >= 0.6 is 0 Å². The lowest BCUT2D eigenvalue weighted by Gasteiger charge is -2.51. The fourth-order valence-corrected chi connectivity index (χ4v) is 4.10. The molecule has 2 aliphatic rings. The Labute approximate surface area is 135 Å². The van der Waals surface area contributed by atoms with Gasteiger partial charge in [0.1, 0.15) is 17.0 Å². The van der Waals surface area contributed by atoms with Gasteiger partial charge < -0.3 is 9.47 Å². The molecular formula is C20H30O2. The number of hydrogen-bond acceptors (Lipinski definition) is 2. The molecule has 2 nitrogen and oxygen atoms in total. The third-order valence-corrected chi connectivity index (χ3v) is 5.74. The highest BCUT2D eigenvalue weighted by molar-refractivity contribution is 5.23. The van der Waals surface area contributed by atoms with Gasteiger partial charge in [-0.05, 0) is 58.1 Å². The number of rotatable bonds is 4. The Hall–Kier alpha value is -1.02. The van der Waals surface area contributed by atoms with E-state index < -0.39 is 0 Å². The number of benzene rings is 1. The molecule has 1 aromatic carbocycles. The zero-order valence-electron chi connectivity index (χ0n) is 14.1. The molecule has 2 atom stereocenters. The van der Waals surface area contributed by atoms with Gasteiger partial charge in [0.05, 0.1) is 6.10 Å². The summed E-state index contributed by atoms with van der Waals surface area (Å²) >= 11 is 0. The second-order valence-corrected chi connectivity index (χ2v) is 7.46. The predicted molar refractivity (Wildman–Crippen MR) is 90.3 cm³/mol. The maximum absolute atomic E-state index is 6.68. The largest absolute Gasteiger partial charge is 0.485 e. The quantitative estimate of drug-likeness (QED) is 0.730. The maximum Gasteiger partial charge on any atom is 0.135 e. The molecule has 0 N–H and O–H groups in total. The van der Waals surface area contributed by atoms with Crippen molar-refractivity contribution in [3.63, 3.8) is 0 Å². The first-order valence-corrected chi connectivity index (χ1v) is 9.03. The number of para-hydroxylation sites is 1. The SMILES string of the molecule is CC1(Oc2ccccc2)CCCCC1(C)OC1CCCCC1. The van der Waals surface area contributed by atoms with Crippen molar-refractivity contribution in [3.8, 4) is 5.75 Å². The van der Waals surface area contributed by atoms with E-state index in [4.69, 9.17) is 9.47 Å². The molecule has 0 amide bonds. The molecule has 0 bridgehead atoms. The van der Waals surface area contributed by atoms with E-state index in [1.165, 1.54) is 44.9 Å². The highest BCUT2D eigenvalue weighted by Gasteiger charge is 2.50. The standard InChI is InChI=1S/C20H30O2/c1-19(21-17-11-5-3-6-12-17)15-9-10-16-20(19,2)22-18-13-7-4-8-14-18/h3,5-6,11-12,18H,4,7-10,13-16H2,1-2H3. The third-order valence-electron chi connectivity index (χ3n) is 5.74. The molecule has 0 radical (unpaired) electrons. The van der Waals surface area contributed by atoms with Crippen LogP contribution in [0.3, 0.4) is 0 Å². The minimum absolute atomic E-state index is 0.177. The monoisotopic (exact) mass is 302 g/mol. The van der Waals surface area contributed by atoms with Gasteiger partial charge >= 0.3 is 0 Å². The second kappa shape index (κ2) is 6.62. The van der Waals surface area contributed by atoms with Crippen molar-refractivity contribution in [2.45, 2.75) is 88.9 Å². The van der Waals surface area contributed by atoms with Crippen LogP contribution in [0.5, 0.6) is 5.75 Å². The van der Waals surface area contributed by atoms with Crippen molar-refractivity contribution in [1.29, 1.82) is 0 Å². The van der Waals surface area contributed by atoms with Crippen LogP contribution in [0.15, 0.2) is 30.3 Å². The number of ether oxygens (including phenoxy) is 2. The van der Waals surface area contributed by atoms with Gasteiger partial charge in [0.25, 0.3) is 0 Å². The van der Waals surface area contributed by atoms with E-state index in [0.29, 0.717) is 6.10 Å². The zero-order valence-corrected chi connectivity index (χ0v) is 14.1. The van der Waals surface area contributed by atoms with Crippen LogP contribution in [0.2, 0.25) is 0 Å². The lowest BCUT2D eigenvalue weighted by Crippen LogP contribution is -2.59.